The molecule has 1 amide bonds. The van der Waals surface area contributed by atoms with E-state index in [-0.39, 0.29) is 5.91 Å². The van der Waals surface area contributed by atoms with Crippen LogP contribution < -0.4 is 14.8 Å². The molecule has 1 aliphatic heterocycles. The SMILES string of the molecule is COc1cccc(/C=C/C(=O)Nc2ccc(OCCN3CCOCC3)nc2)c1. The lowest BCUT2D eigenvalue weighted by atomic mass is 10.2. The standard InChI is InChI=1S/C21H25N3O4/c1-26-19-4-2-3-17(15-19)5-7-20(25)23-18-6-8-21(22-16-18)28-14-11-24-9-12-27-13-10-24/h2-8,15-16H,9-14H2,1H3,(H,23,25)/b7-5+. The summed E-state index contributed by atoms with van der Waals surface area (Å²) in [5.41, 5.74) is 1.50. The molecule has 1 N–H and O–H groups in total. The maximum Gasteiger partial charge on any atom is 0.248 e. The molecule has 0 spiro atoms. The number of amides is 1. The summed E-state index contributed by atoms with van der Waals surface area (Å²) in [6, 6.07) is 11.0. The minimum Gasteiger partial charge on any atom is -0.497 e. The number of carbonyl (C=O) groups excluding carboxylic acids is 1. The molecule has 28 heavy (non-hydrogen) atoms. The number of nitrogens with one attached hydrogen (secondary N) is 1. The maximum absolute atomic E-state index is 12.1. The number of morpholine rings is 1. The van der Waals surface area contributed by atoms with E-state index in [0.717, 1.165) is 44.2 Å². The molecule has 2 aromatic rings. The van der Waals surface area contributed by atoms with Crippen molar-refractivity contribution in [3.8, 4) is 11.6 Å². The summed E-state index contributed by atoms with van der Waals surface area (Å²) >= 11 is 0. The van der Waals surface area contributed by atoms with Crippen LogP contribution in [0.2, 0.25) is 0 Å². The molecule has 1 aromatic carbocycles. The molecule has 0 radical (unpaired) electrons. The van der Waals surface area contributed by atoms with E-state index in [9.17, 15) is 4.79 Å². The van der Waals surface area contributed by atoms with Crippen LogP contribution in [0.15, 0.2) is 48.7 Å². The van der Waals surface area contributed by atoms with Gasteiger partial charge in [0.05, 0.1) is 32.2 Å². The maximum atomic E-state index is 12.1. The van der Waals surface area contributed by atoms with Gasteiger partial charge in [-0.15, -0.1) is 0 Å². The van der Waals surface area contributed by atoms with Gasteiger partial charge in [-0.05, 0) is 29.8 Å². The Hall–Kier alpha value is -2.90. The highest BCUT2D eigenvalue weighted by Crippen LogP contribution is 2.14. The van der Waals surface area contributed by atoms with Crippen molar-refractivity contribution in [2.45, 2.75) is 0 Å². The molecule has 1 aliphatic rings. The average molecular weight is 383 g/mol. The van der Waals surface area contributed by atoms with E-state index < -0.39 is 0 Å². The lowest BCUT2D eigenvalue weighted by Gasteiger charge is -2.26. The van der Waals surface area contributed by atoms with Gasteiger partial charge in [0, 0.05) is 31.8 Å². The Kier molecular flexibility index (Phi) is 7.40. The van der Waals surface area contributed by atoms with Crippen LogP contribution in [0.4, 0.5) is 5.69 Å². The number of benzene rings is 1. The zero-order valence-electron chi connectivity index (χ0n) is 16.0. The van der Waals surface area contributed by atoms with E-state index in [1.807, 2.05) is 24.3 Å². The summed E-state index contributed by atoms with van der Waals surface area (Å²) in [5, 5.41) is 2.78. The fourth-order valence-corrected chi connectivity index (χ4v) is 2.74. The topological polar surface area (TPSA) is 72.9 Å². The predicted octanol–water partition coefficient (Wildman–Crippen LogP) is 2.45. The van der Waals surface area contributed by atoms with Gasteiger partial charge in [-0.2, -0.15) is 0 Å². The highest BCUT2D eigenvalue weighted by atomic mass is 16.5. The third-order valence-electron chi connectivity index (χ3n) is 4.29. The summed E-state index contributed by atoms with van der Waals surface area (Å²) in [5.74, 6) is 1.06. The van der Waals surface area contributed by atoms with Crippen LogP contribution in [0, 0.1) is 0 Å². The van der Waals surface area contributed by atoms with Crippen LogP contribution >= 0.6 is 0 Å². The quantitative estimate of drug-likeness (QED) is 0.706. The second-order valence-corrected chi connectivity index (χ2v) is 6.29. The highest BCUT2D eigenvalue weighted by molar-refractivity contribution is 6.01. The first-order valence-corrected chi connectivity index (χ1v) is 9.25. The van der Waals surface area contributed by atoms with Crippen LogP contribution in [0.5, 0.6) is 11.6 Å². The van der Waals surface area contributed by atoms with E-state index in [1.165, 1.54) is 6.08 Å². The van der Waals surface area contributed by atoms with Gasteiger partial charge in [-0.1, -0.05) is 12.1 Å². The van der Waals surface area contributed by atoms with Crippen molar-refractivity contribution in [1.82, 2.24) is 9.88 Å². The van der Waals surface area contributed by atoms with Gasteiger partial charge in [0.15, 0.2) is 0 Å². The molecule has 3 rings (SSSR count). The summed E-state index contributed by atoms with van der Waals surface area (Å²) in [6.07, 6.45) is 4.79. The van der Waals surface area contributed by atoms with Gasteiger partial charge < -0.3 is 19.5 Å². The second kappa shape index (κ2) is 10.4. The van der Waals surface area contributed by atoms with E-state index in [1.54, 1.807) is 31.5 Å². The number of aromatic nitrogens is 1. The summed E-state index contributed by atoms with van der Waals surface area (Å²) < 4.78 is 16.2. The Morgan fingerprint density at radius 1 is 1.29 bits per heavy atom. The summed E-state index contributed by atoms with van der Waals surface area (Å²) in [7, 11) is 1.61. The van der Waals surface area contributed by atoms with Crippen molar-refractivity contribution in [3.63, 3.8) is 0 Å². The molecule has 7 nitrogen and oxygen atoms in total. The Labute approximate surface area is 164 Å². The molecular formula is C21H25N3O4. The molecule has 1 aromatic heterocycles. The first kappa shape index (κ1) is 19.9. The number of rotatable bonds is 8. The lowest BCUT2D eigenvalue weighted by Crippen LogP contribution is -2.38. The predicted molar refractivity (Wildman–Crippen MR) is 108 cm³/mol. The minimum atomic E-state index is -0.231. The van der Waals surface area contributed by atoms with Crippen molar-refractivity contribution in [1.29, 1.82) is 0 Å². The molecule has 0 aliphatic carbocycles. The van der Waals surface area contributed by atoms with Crippen molar-refractivity contribution < 1.29 is 19.0 Å². The van der Waals surface area contributed by atoms with Gasteiger partial charge in [0.2, 0.25) is 11.8 Å². The zero-order chi connectivity index (χ0) is 19.6. The molecule has 0 bridgehead atoms. The fourth-order valence-electron chi connectivity index (χ4n) is 2.74. The molecule has 148 valence electrons. The average Bonchev–Trinajstić information content (AvgIpc) is 2.74. The van der Waals surface area contributed by atoms with Crippen LogP contribution in [-0.2, 0) is 9.53 Å². The third-order valence-corrected chi connectivity index (χ3v) is 4.29. The number of anilines is 1. The monoisotopic (exact) mass is 383 g/mol. The molecular weight excluding hydrogens is 358 g/mol. The van der Waals surface area contributed by atoms with E-state index in [4.69, 9.17) is 14.2 Å². The molecule has 0 atom stereocenters. The van der Waals surface area contributed by atoms with Gasteiger partial charge in [-0.25, -0.2) is 4.98 Å². The Morgan fingerprint density at radius 2 is 2.14 bits per heavy atom. The van der Waals surface area contributed by atoms with E-state index >= 15 is 0 Å². The molecule has 0 saturated carbocycles. The first-order valence-electron chi connectivity index (χ1n) is 9.25. The number of ether oxygens (including phenoxy) is 3. The molecule has 1 saturated heterocycles. The lowest BCUT2D eigenvalue weighted by molar-refractivity contribution is -0.111. The molecule has 2 heterocycles. The number of carbonyl (C=O) groups is 1. The smallest absolute Gasteiger partial charge is 0.248 e. The number of pyridine rings is 1. The minimum absolute atomic E-state index is 0.231. The number of hydrogen-bond acceptors (Lipinski definition) is 6. The molecule has 1 fully saturated rings. The van der Waals surface area contributed by atoms with Crippen molar-refractivity contribution in [2.24, 2.45) is 0 Å². The van der Waals surface area contributed by atoms with Crippen LogP contribution in [0.1, 0.15) is 5.56 Å². The largest absolute Gasteiger partial charge is 0.497 e. The van der Waals surface area contributed by atoms with Gasteiger partial charge in [0.25, 0.3) is 0 Å². The first-order chi connectivity index (χ1) is 13.7. The molecule has 7 heteroatoms. The van der Waals surface area contributed by atoms with E-state index in [0.29, 0.717) is 18.2 Å². The molecule has 0 unspecified atom stereocenters. The number of methoxy groups -OCH3 is 1. The Bertz CT molecular complexity index is 786. The fraction of sp³-hybridized carbons (Fsp3) is 0.333. The van der Waals surface area contributed by atoms with Crippen molar-refractivity contribution in [3.05, 3.63) is 54.2 Å². The van der Waals surface area contributed by atoms with Gasteiger partial charge >= 0.3 is 0 Å². The summed E-state index contributed by atoms with van der Waals surface area (Å²) in [4.78, 5) is 18.6. The highest BCUT2D eigenvalue weighted by Gasteiger charge is 2.10. The summed E-state index contributed by atoms with van der Waals surface area (Å²) in [6.45, 7) is 4.84. The Morgan fingerprint density at radius 3 is 2.89 bits per heavy atom. The van der Waals surface area contributed by atoms with Crippen molar-refractivity contribution >= 4 is 17.7 Å². The number of nitrogens with zero attached hydrogens (tertiary/aromatic N) is 2. The Balaban J connectivity index is 1.43. The van der Waals surface area contributed by atoms with Gasteiger partial charge in [-0.3, -0.25) is 9.69 Å². The van der Waals surface area contributed by atoms with Crippen LogP contribution in [0.25, 0.3) is 6.08 Å². The van der Waals surface area contributed by atoms with Crippen LogP contribution in [-0.4, -0.2) is 62.4 Å². The van der Waals surface area contributed by atoms with Crippen molar-refractivity contribution in [2.75, 3.05) is 51.9 Å². The van der Waals surface area contributed by atoms with Crippen LogP contribution in [0.3, 0.4) is 0 Å². The number of hydrogen-bond donors (Lipinski definition) is 1. The second-order valence-electron chi connectivity index (χ2n) is 6.29. The van der Waals surface area contributed by atoms with Gasteiger partial charge in [0.1, 0.15) is 12.4 Å². The third kappa shape index (κ3) is 6.37. The normalized spacial score (nSPS) is 14.8. The van der Waals surface area contributed by atoms with E-state index in [2.05, 4.69) is 15.2 Å². The zero-order valence-corrected chi connectivity index (χ0v) is 16.0.